The zero-order valence-electron chi connectivity index (χ0n) is 9.39. The first-order valence-corrected chi connectivity index (χ1v) is 5.18. The summed E-state index contributed by atoms with van der Waals surface area (Å²) in [7, 11) is 1.17. The lowest BCUT2D eigenvalue weighted by atomic mass is 10.0. The zero-order valence-corrected chi connectivity index (χ0v) is 9.39. The number of hydrogen-bond acceptors (Lipinski definition) is 5. The third-order valence-corrected chi connectivity index (χ3v) is 2.38. The topological polar surface area (TPSA) is 72.9 Å². The second-order valence-electron chi connectivity index (χ2n) is 3.39. The van der Waals surface area contributed by atoms with Crippen LogP contribution >= 0.6 is 0 Å². The van der Waals surface area contributed by atoms with Crippen LogP contribution in [0.2, 0.25) is 0 Å². The van der Waals surface area contributed by atoms with Gasteiger partial charge < -0.3 is 9.47 Å². The first kappa shape index (κ1) is 12.5. The Morgan fingerprint density at radius 2 is 2.19 bits per heavy atom. The molecule has 6 heteroatoms. The van der Waals surface area contributed by atoms with Crippen molar-refractivity contribution in [2.75, 3.05) is 13.7 Å². The number of amides is 2. The second kappa shape index (κ2) is 5.48. The Balaban J connectivity index is 2.82. The van der Waals surface area contributed by atoms with Crippen molar-refractivity contribution in [2.45, 2.75) is 32.2 Å². The normalized spacial score (nSPS) is 20.5. The van der Waals surface area contributed by atoms with Crippen molar-refractivity contribution < 1.29 is 23.9 Å². The van der Waals surface area contributed by atoms with Gasteiger partial charge in [0.05, 0.1) is 13.7 Å². The minimum Gasteiger partial charge on any atom is -0.464 e. The molecule has 0 unspecified atom stereocenters. The summed E-state index contributed by atoms with van der Waals surface area (Å²) in [6.45, 7) is 1.89. The lowest BCUT2D eigenvalue weighted by molar-refractivity contribution is -0.155. The van der Waals surface area contributed by atoms with Crippen LogP contribution in [0.15, 0.2) is 0 Å². The van der Waals surface area contributed by atoms with Crippen LogP contribution in [0.3, 0.4) is 0 Å². The van der Waals surface area contributed by atoms with Crippen LogP contribution in [0, 0.1) is 0 Å². The van der Waals surface area contributed by atoms with Gasteiger partial charge in [0.25, 0.3) is 0 Å². The molecule has 0 N–H and O–H groups in total. The summed E-state index contributed by atoms with van der Waals surface area (Å²) in [5, 5.41) is 0. The van der Waals surface area contributed by atoms with E-state index in [-0.39, 0.29) is 13.0 Å². The van der Waals surface area contributed by atoms with Gasteiger partial charge in [-0.3, -0.25) is 4.79 Å². The second-order valence-corrected chi connectivity index (χ2v) is 3.39. The van der Waals surface area contributed by atoms with Gasteiger partial charge in [0.1, 0.15) is 6.04 Å². The Hall–Kier alpha value is -1.59. The predicted molar refractivity (Wildman–Crippen MR) is 53.5 cm³/mol. The maximum atomic E-state index is 11.6. The first-order chi connectivity index (χ1) is 7.61. The molecule has 1 aliphatic rings. The molecular weight excluding hydrogens is 214 g/mol. The highest BCUT2D eigenvalue weighted by Gasteiger charge is 2.39. The molecule has 16 heavy (non-hydrogen) atoms. The number of likely N-dealkylation sites (tertiary alicyclic amines) is 1. The van der Waals surface area contributed by atoms with E-state index in [0.29, 0.717) is 12.8 Å². The fraction of sp³-hybridized carbons (Fsp3) is 0.700. The standard InChI is InChI=1S/C10H15NO5/c1-3-16-9(13)7-5-4-6-8(12)11(7)10(14)15-2/h7H,3-6H2,1-2H3/t7-/m0/s1. The van der Waals surface area contributed by atoms with Gasteiger partial charge >= 0.3 is 12.1 Å². The van der Waals surface area contributed by atoms with E-state index in [4.69, 9.17) is 4.74 Å². The van der Waals surface area contributed by atoms with Crippen LogP contribution in [0.5, 0.6) is 0 Å². The van der Waals surface area contributed by atoms with Gasteiger partial charge in [0.15, 0.2) is 0 Å². The molecule has 0 aromatic heterocycles. The average Bonchev–Trinajstić information content (AvgIpc) is 2.28. The lowest BCUT2D eigenvalue weighted by Crippen LogP contribution is -2.51. The van der Waals surface area contributed by atoms with Gasteiger partial charge in [-0.25, -0.2) is 14.5 Å². The molecule has 1 aliphatic heterocycles. The number of carbonyl (C=O) groups excluding carboxylic acids is 3. The SMILES string of the molecule is CCOC(=O)[C@@H]1CCCC(=O)N1C(=O)OC. The third kappa shape index (κ3) is 2.50. The molecule has 0 bridgehead atoms. The number of imide groups is 1. The molecule has 0 radical (unpaired) electrons. The van der Waals surface area contributed by atoms with E-state index in [1.807, 2.05) is 0 Å². The molecule has 0 aromatic rings. The number of methoxy groups -OCH3 is 1. The molecule has 1 fully saturated rings. The average molecular weight is 229 g/mol. The lowest BCUT2D eigenvalue weighted by Gasteiger charge is -2.30. The van der Waals surface area contributed by atoms with Crippen LogP contribution < -0.4 is 0 Å². The van der Waals surface area contributed by atoms with Gasteiger partial charge in [-0.05, 0) is 19.8 Å². The Kier molecular flexibility index (Phi) is 4.28. The summed E-state index contributed by atoms with van der Waals surface area (Å²) in [4.78, 5) is 35.3. The molecule has 90 valence electrons. The van der Waals surface area contributed by atoms with Crippen LogP contribution in [0.1, 0.15) is 26.2 Å². The number of ether oxygens (including phenoxy) is 2. The fourth-order valence-corrected chi connectivity index (χ4v) is 1.66. The molecule has 0 aliphatic carbocycles. The summed E-state index contributed by atoms with van der Waals surface area (Å²) < 4.78 is 9.29. The molecule has 0 spiro atoms. The van der Waals surface area contributed by atoms with Crippen molar-refractivity contribution in [1.29, 1.82) is 0 Å². The van der Waals surface area contributed by atoms with E-state index < -0.39 is 24.0 Å². The Morgan fingerprint density at radius 1 is 1.50 bits per heavy atom. The molecule has 2 amide bonds. The highest BCUT2D eigenvalue weighted by atomic mass is 16.6. The summed E-state index contributed by atoms with van der Waals surface area (Å²) >= 11 is 0. The molecule has 0 aromatic carbocycles. The molecular formula is C10H15NO5. The monoisotopic (exact) mass is 229 g/mol. The third-order valence-electron chi connectivity index (χ3n) is 2.38. The van der Waals surface area contributed by atoms with Crippen LogP contribution in [-0.2, 0) is 19.1 Å². The summed E-state index contributed by atoms with van der Waals surface area (Å²) in [6.07, 6.45) is 0.461. The molecule has 1 atom stereocenters. The van der Waals surface area contributed by atoms with E-state index in [1.54, 1.807) is 6.92 Å². The van der Waals surface area contributed by atoms with Gasteiger partial charge in [0, 0.05) is 6.42 Å². The molecule has 1 heterocycles. The predicted octanol–water partition coefficient (Wildman–Crippen LogP) is 0.697. The Bertz CT molecular complexity index is 294. The van der Waals surface area contributed by atoms with E-state index in [1.165, 1.54) is 7.11 Å². The summed E-state index contributed by atoms with van der Waals surface area (Å²) in [6, 6.07) is -0.839. The first-order valence-electron chi connectivity index (χ1n) is 5.18. The fourth-order valence-electron chi connectivity index (χ4n) is 1.66. The van der Waals surface area contributed by atoms with Crippen molar-refractivity contribution >= 4 is 18.0 Å². The van der Waals surface area contributed by atoms with E-state index in [0.717, 1.165) is 4.90 Å². The van der Waals surface area contributed by atoms with Crippen molar-refractivity contribution in [1.82, 2.24) is 4.90 Å². The number of rotatable bonds is 2. The maximum Gasteiger partial charge on any atom is 0.417 e. The number of piperidine rings is 1. The highest BCUT2D eigenvalue weighted by Crippen LogP contribution is 2.20. The smallest absolute Gasteiger partial charge is 0.417 e. The number of hydrogen-bond donors (Lipinski definition) is 0. The van der Waals surface area contributed by atoms with E-state index in [2.05, 4.69) is 4.74 Å². The largest absolute Gasteiger partial charge is 0.464 e. The number of carbonyl (C=O) groups is 3. The Labute approximate surface area is 93.5 Å². The molecule has 1 saturated heterocycles. The van der Waals surface area contributed by atoms with Crippen molar-refractivity contribution in [3.8, 4) is 0 Å². The van der Waals surface area contributed by atoms with Gasteiger partial charge in [-0.1, -0.05) is 0 Å². The highest BCUT2D eigenvalue weighted by molar-refractivity contribution is 5.97. The number of nitrogens with zero attached hydrogens (tertiary/aromatic N) is 1. The minimum absolute atomic E-state index is 0.221. The molecule has 1 rings (SSSR count). The summed E-state index contributed by atoms with van der Waals surface area (Å²) in [5.74, 6) is -0.947. The molecule has 0 saturated carbocycles. The van der Waals surface area contributed by atoms with Gasteiger partial charge in [-0.15, -0.1) is 0 Å². The van der Waals surface area contributed by atoms with Crippen molar-refractivity contribution in [3.63, 3.8) is 0 Å². The van der Waals surface area contributed by atoms with Crippen molar-refractivity contribution in [2.24, 2.45) is 0 Å². The number of esters is 1. The van der Waals surface area contributed by atoms with E-state index in [9.17, 15) is 14.4 Å². The minimum atomic E-state index is -0.839. The maximum absolute atomic E-state index is 11.6. The quantitative estimate of drug-likeness (QED) is 0.651. The van der Waals surface area contributed by atoms with Crippen LogP contribution in [0.4, 0.5) is 4.79 Å². The molecule has 6 nitrogen and oxygen atoms in total. The van der Waals surface area contributed by atoms with Crippen molar-refractivity contribution in [3.05, 3.63) is 0 Å². The van der Waals surface area contributed by atoms with Crippen LogP contribution in [-0.4, -0.2) is 42.6 Å². The van der Waals surface area contributed by atoms with E-state index >= 15 is 0 Å². The van der Waals surface area contributed by atoms with Crippen LogP contribution in [0.25, 0.3) is 0 Å². The zero-order chi connectivity index (χ0) is 12.1. The van der Waals surface area contributed by atoms with Gasteiger partial charge in [-0.2, -0.15) is 0 Å². The summed E-state index contributed by atoms with van der Waals surface area (Å²) in [5.41, 5.74) is 0. The Morgan fingerprint density at radius 3 is 2.75 bits per heavy atom. The van der Waals surface area contributed by atoms with Gasteiger partial charge in [0.2, 0.25) is 5.91 Å².